The summed E-state index contributed by atoms with van der Waals surface area (Å²) in [5, 5.41) is 0. The van der Waals surface area contributed by atoms with E-state index in [0.717, 1.165) is 25.7 Å². The molecule has 232 valence electrons. The molecule has 0 spiro atoms. The summed E-state index contributed by atoms with van der Waals surface area (Å²) < 4.78 is 10.1. The average Bonchev–Trinajstić information content (AvgIpc) is 2.94. The van der Waals surface area contributed by atoms with Crippen LogP contribution in [0.25, 0.3) is 0 Å². The van der Waals surface area contributed by atoms with Gasteiger partial charge in [-0.05, 0) is 19.3 Å². The summed E-state index contributed by atoms with van der Waals surface area (Å²) in [7, 11) is 1.46. The summed E-state index contributed by atoms with van der Waals surface area (Å²) in [5.74, 6) is -0.0669. The zero-order chi connectivity index (χ0) is 28.5. The summed E-state index contributed by atoms with van der Waals surface area (Å²) in [5.41, 5.74) is 0. The first-order chi connectivity index (χ1) is 19.2. The van der Waals surface area contributed by atoms with E-state index in [1.165, 1.54) is 161 Å². The van der Waals surface area contributed by atoms with E-state index in [-0.39, 0.29) is 11.9 Å². The maximum Gasteiger partial charge on any atom is 0.305 e. The van der Waals surface area contributed by atoms with Crippen molar-refractivity contribution in [2.24, 2.45) is 0 Å². The van der Waals surface area contributed by atoms with Crippen LogP contribution >= 0.6 is 0 Å². The molecule has 0 fully saturated rings. The van der Waals surface area contributed by atoms with Crippen LogP contribution in [-0.4, -0.2) is 25.7 Å². The average molecular weight is 553 g/mol. The number of carbonyl (C=O) groups is 2. The van der Waals surface area contributed by atoms with Gasteiger partial charge in [0.15, 0.2) is 0 Å². The lowest BCUT2D eigenvalue weighted by atomic mass is 10.0. The molecule has 4 heteroatoms. The number of methoxy groups -OCH3 is 1. The van der Waals surface area contributed by atoms with Gasteiger partial charge in [0.25, 0.3) is 0 Å². The second kappa shape index (κ2) is 33.1. The third-order valence-electron chi connectivity index (χ3n) is 8.00. The van der Waals surface area contributed by atoms with Crippen molar-refractivity contribution in [3.8, 4) is 0 Å². The van der Waals surface area contributed by atoms with E-state index >= 15 is 0 Å². The van der Waals surface area contributed by atoms with E-state index in [2.05, 4.69) is 11.7 Å². The molecule has 0 bridgehead atoms. The molecule has 0 aromatic heterocycles. The van der Waals surface area contributed by atoms with Crippen LogP contribution in [0, 0.1) is 0 Å². The van der Waals surface area contributed by atoms with Crippen molar-refractivity contribution in [3.63, 3.8) is 0 Å². The topological polar surface area (TPSA) is 52.6 Å². The second-order valence-electron chi connectivity index (χ2n) is 11.8. The van der Waals surface area contributed by atoms with Gasteiger partial charge in [-0.3, -0.25) is 9.59 Å². The highest BCUT2D eigenvalue weighted by Crippen LogP contribution is 2.15. The van der Waals surface area contributed by atoms with E-state index < -0.39 is 0 Å². The normalized spacial score (nSPS) is 11.1. The predicted molar refractivity (Wildman–Crippen MR) is 167 cm³/mol. The van der Waals surface area contributed by atoms with Gasteiger partial charge < -0.3 is 9.47 Å². The summed E-state index contributed by atoms with van der Waals surface area (Å²) >= 11 is 0. The quantitative estimate of drug-likeness (QED) is 0.0615. The number of carbonyl (C=O) groups excluding carboxylic acids is 2. The van der Waals surface area contributed by atoms with Crippen molar-refractivity contribution in [2.75, 3.05) is 13.7 Å². The Morgan fingerprint density at radius 3 is 1.00 bits per heavy atom. The molecule has 0 rings (SSSR count). The molecule has 0 unspecified atom stereocenters. The third-order valence-corrected chi connectivity index (χ3v) is 8.00. The van der Waals surface area contributed by atoms with Crippen LogP contribution in [0.4, 0.5) is 0 Å². The van der Waals surface area contributed by atoms with Crippen molar-refractivity contribution in [2.45, 2.75) is 200 Å². The lowest BCUT2D eigenvalue weighted by molar-refractivity contribution is -0.144. The zero-order valence-corrected chi connectivity index (χ0v) is 26.6. The number of hydrogen-bond donors (Lipinski definition) is 0. The highest BCUT2D eigenvalue weighted by atomic mass is 16.5. The van der Waals surface area contributed by atoms with E-state index in [1.54, 1.807) is 0 Å². The van der Waals surface area contributed by atoms with Crippen LogP contribution in [0.2, 0.25) is 0 Å². The molecular formula is C35H68O4. The largest absolute Gasteiger partial charge is 0.469 e. The van der Waals surface area contributed by atoms with Crippen molar-refractivity contribution >= 4 is 11.9 Å². The molecule has 0 radical (unpaired) electrons. The standard InChI is InChI=1S/C35H68O4/c1-3-4-5-6-7-8-9-13-17-20-23-26-29-32-35(37)39-33-30-27-24-21-18-15-12-10-11-14-16-19-22-25-28-31-34(36)38-2/h3-33H2,1-2H3. The second-order valence-corrected chi connectivity index (χ2v) is 11.8. The summed E-state index contributed by atoms with van der Waals surface area (Å²) in [4.78, 5) is 23.0. The lowest BCUT2D eigenvalue weighted by Crippen LogP contribution is -2.05. The Bertz CT molecular complexity index is 505. The van der Waals surface area contributed by atoms with Gasteiger partial charge in [-0.15, -0.1) is 0 Å². The van der Waals surface area contributed by atoms with Crippen molar-refractivity contribution < 1.29 is 19.1 Å². The smallest absolute Gasteiger partial charge is 0.305 e. The number of ether oxygens (including phenoxy) is 2. The Morgan fingerprint density at radius 1 is 0.385 bits per heavy atom. The minimum Gasteiger partial charge on any atom is -0.469 e. The van der Waals surface area contributed by atoms with Gasteiger partial charge in [0.2, 0.25) is 0 Å². The predicted octanol–water partition coefficient (Wildman–Crippen LogP) is 11.4. The Balaban J connectivity index is 3.16. The van der Waals surface area contributed by atoms with Gasteiger partial charge in [-0.1, -0.05) is 167 Å². The van der Waals surface area contributed by atoms with Crippen LogP contribution < -0.4 is 0 Å². The van der Waals surface area contributed by atoms with Crippen molar-refractivity contribution in [1.29, 1.82) is 0 Å². The van der Waals surface area contributed by atoms with E-state index in [9.17, 15) is 9.59 Å². The Morgan fingerprint density at radius 2 is 0.667 bits per heavy atom. The molecule has 0 saturated heterocycles. The number of esters is 2. The molecule has 0 aliphatic carbocycles. The SMILES string of the molecule is CCCCCCCCCCCCCCCC(=O)OCCCCCCCCCCCCCCCCCC(=O)OC. The van der Waals surface area contributed by atoms with Gasteiger partial charge in [-0.25, -0.2) is 0 Å². The van der Waals surface area contributed by atoms with Crippen LogP contribution in [0.3, 0.4) is 0 Å². The monoisotopic (exact) mass is 553 g/mol. The molecule has 0 atom stereocenters. The third kappa shape index (κ3) is 33.0. The minimum absolute atomic E-state index is 0.0108. The Labute approximate surface area is 244 Å². The molecule has 0 aromatic rings. The Hall–Kier alpha value is -1.06. The zero-order valence-electron chi connectivity index (χ0n) is 26.6. The number of unbranched alkanes of at least 4 members (excludes halogenated alkanes) is 26. The van der Waals surface area contributed by atoms with Gasteiger partial charge in [-0.2, -0.15) is 0 Å². The Kier molecular flexibility index (Phi) is 32.2. The molecule has 0 heterocycles. The first-order valence-corrected chi connectivity index (χ1v) is 17.4. The van der Waals surface area contributed by atoms with Crippen LogP contribution in [-0.2, 0) is 19.1 Å². The van der Waals surface area contributed by atoms with Crippen LogP contribution in [0.15, 0.2) is 0 Å². The maximum absolute atomic E-state index is 11.9. The number of rotatable bonds is 32. The molecule has 0 aliphatic heterocycles. The van der Waals surface area contributed by atoms with Crippen LogP contribution in [0.1, 0.15) is 200 Å². The van der Waals surface area contributed by atoms with Gasteiger partial charge in [0.05, 0.1) is 13.7 Å². The van der Waals surface area contributed by atoms with Crippen molar-refractivity contribution in [3.05, 3.63) is 0 Å². The minimum atomic E-state index is -0.0777. The van der Waals surface area contributed by atoms with Crippen molar-refractivity contribution in [1.82, 2.24) is 0 Å². The van der Waals surface area contributed by atoms with E-state index in [4.69, 9.17) is 4.74 Å². The van der Waals surface area contributed by atoms with E-state index in [0.29, 0.717) is 19.4 Å². The molecule has 4 nitrogen and oxygen atoms in total. The molecule has 0 aromatic carbocycles. The molecular weight excluding hydrogens is 484 g/mol. The highest BCUT2D eigenvalue weighted by Gasteiger charge is 2.03. The summed E-state index contributed by atoms with van der Waals surface area (Å²) in [6.45, 7) is 2.89. The molecule has 0 aliphatic rings. The summed E-state index contributed by atoms with van der Waals surface area (Å²) in [6, 6.07) is 0. The molecule has 0 amide bonds. The summed E-state index contributed by atoms with van der Waals surface area (Å²) in [6.07, 6.45) is 37.5. The van der Waals surface area contributed by atoms with E-state index in [1.807, 2.05) is 0 Å². The van der Waals surface area contributed by atoms with Crippen LogP contribution in [0.5, 0.6) is 0 Å². The fourth-order valence-corrected chi connectivity index (χ4v) is 5.32. The van der Waals surface area contributed by atoms with Gasteiger partial charge >= 0.3 is 11.9 Å². The van der Waals surface area contributed by atoms with Gasteiger partial charge in [0, 0.05) is 12.8 Å². The lowest BCUT2D eigenvalue weighted by Gasteiger charge is -2.06. The fourth-order valence-electron chi connectivity index (χ4n) is 5.32. The number of hydrogen-bond acceptors (Lipinski definition) is 4. The van der Waals surface area contributed by atoms with Gasteiger partial charge in [0.1, 0.15) is 0 Å². The first kappa shape index (κ1) is 37.9. The molecule has 0 N–H and O–H groups in total. The highest BCUT2D eigenvalue weighted by molar-refractivity contribution is 5.69. The molecule has 39 heavy (non-hydrogen) atoms. The first-order valence-electron chi connectivity index (χ1n) is 17.4. The fraction of sp³-hybridized carbons (Fsp3) is 0.943. The molecule has 0 saturated carbocycles. The maximum atomic E-state index is 11.9.